The van der Waals surface area contributed by atoms with E-state index in [1.807, 2.05) is 0 Å². The molecule has 0 atom stereocenters. The molecule has 0 saturated heterocycles. The Labute approximate surface area is 96.5 Å². The molecule has 6 heteroatoms. The first-order chi connectivity index (χ1) is 6.06. The summed E-state index contributed by atoms with van der Waals surface area (Å²) in [6.45, 7) is 0. The van der Waals surface area contributed by atoms with Crippen molar-refractivity contribution >= 4 is 49.1 Å². The molecule has 3 nitrogen and oxygen atoms in total. The molecule has 1 aromatic rings. The highest BCUT2D eigenvalue weighted by Gasteiger charge is 2.14. The van der Waals surface area contributed by atoms with Gasteiger partial charge in [-0.1, -0.05) is 43.5 Å². The van der Waals surface area contributed by atoms with Gasteiger partial charge in [0, 0.05) is 15.9 Å². The average Bonchev–Trinajstić information content (AvgIpc) is 2.07. The minimum absolute atomic E-state index is 0.0850. The van der Waals surface area contributed by atoms with Gasteiger partial charge in [-0.3, -0.25) is 10.1 Å². The summed E-state index contributed by atoms with van der Waals surface area (Å²) >= 11 is 12.2. The van der Waals surface area contributed by atoms with E-state index in [0.717, 1.165) is 5.56 Å². The Kier molecular flexibility index (Phi) is 3.70. The summed E-state index contributed by atoms with van der Waals surface area (Å²) < 4.78 is 0.681. The molecule has 0 aromatic heterocycles. The SMILES string of the molecule is O=[N+]([O-])c1cc(Br)c(CBr)cc1Cl. The Morgan fingerprint density at radius 2 is 2.15 bits per heavy atom. The fourth-order valence-corrected chi connectivity index (χ4v) is 2.39. The van der Waals surface area contributed by atoms with Gasteiger partial charge in [0.25, 0.3) is 5.69 Å². The third kappa shape index (κ3) is 2.42. The average molecular weight is 329 g/mol. The van der Waals surface area contributed by atoms with E-state index < -0.39 is 4.92 Å². The molecule has 0 saturated carbocycles. The minimum Gasteiger partial charge on any atom is -0.258 e. The van der Waals surface area contributed by atoms with Crippen molar-refractivity contribution in [2.75, 3.05) is 0 Å². The second kappa shape index (κ2) is 4.39. The normalized spacial score (nSPS) is 10.1. The smallest absolute Gasteiger partial charge is 0.258 e. The molecule has 0 amide bonds. The van der Waals surface area contributed by atoms with Crippen LogP contribution in [-0.2, 0) is 5.33 Å². The van der Waals surface area contributed by atoms with Gasteiger partial charge in [-0.2, -0.15) is 0 Å². The van der Waals surface area contributed by atoms with E-state index in [0.29, 0.717) is 9.80 Å². The molecule has 1 rings (SSSR count). The molecule has 0 fully saturated rings. The van der Waals surface area contributed by atoms with Crippen LogP contribution < -0.4 is 0 Å². The fourth-order valence-electron chi connectivity index (χ4n) is 0.820. The molecular weight excluding hydrogens is 325 g/mol. The van der Waals surface area contributed by atoms with E-state index in [-0.39, 0.29) is 10.7 Å². The second-order valence-corrected chi connectivity index (χ2v) is 4.11. The van der Waals surface area contributed by atoms with Crippen molar-refractivity contribution in [1.82, 2.24) is 0 Å². The highest BCUT2D eigenvalue weighted by molar-refractivity contribution is 9.10. The van der Waals surface area contributed by atoms with Crippen LogP contribution in [0, 0.1) is 10.1 Å². The van der Waals surface area contributed by atoms with Crippen molar-refractivity contribution < 1.29 is 4.92 Å². The monoisotopic (exact) mass is 327 g/mol. The Morgan fingerprint density at radius 1 is 1.54 bits per heavy atom. The van der Waals surface area contributed by atoms with Gasteiger partial charge in [0.15, 0.2) is 0 Å². The van der Waals surface area contributed by atoms with Gasteiger partial charge in [0.1, 0.15) is 5.02 Å². The predicted octanol–water partition coefficient (Wildman–Crippen LogP) is 3.91. The summed E-state index contributed by atoms with van der Waals surface area (Å²) in [5.74, 6) is 0. The van der Waals surface area contributed by atoms with E-state index >= 15 is 0 Å². The molecule has 13 heavy (non-hydrogen) atoms. The lowest BCUT2D eigenvalue weighted by atomic mass is 10.2. The lowest BCUT2D eigenvalue weighted by molar-refractivity contribution is -0.384. The molecule has 1 aromatic carbocycles. The quantitative estimate of drug-likeness (QED) is 0.469. The first-order valence-corrected chi connectivity index (χ1v) is 5.53. The lowest BCUT2D eigenvalue weighted by Gasteiger charge is -2.01. The Balaban J connectivity index is 3.28. The van der Waals surface area contributed by atoms with E-state index in [9.17, 15) is 10.1 Å². The zero-order chi connectivity index (χ0) is 10.0. The third-order valence-electron chi connectivity index (χ3n) is 1.46. The number of nitrogens with zero attached hydrogens (tertiary/aromatic N) is 1. The van der Waals surface area contributed by atoms with Crippen molar-refractivity contribution in [3.63, 3.8) is 0 Å². The van der Waals surface area contributed by atoms with Gasteiger partial charge in [-0.15, -0.1) is 0 Å². The van der Waals surface area contributed by atoms with Crippen molar-refractivity contribution in [2.45, 2.75) is 5.33 Å². The number of benzene rings is 1. The van der Waals surface area contributed by atoms with Crippen molar-refractivity contribution in [2.24, 2.45) is 0 Å². The van der Waals surface area contributed by atoms with Gasteiger partial charge in [0.2, 0.25) is 0 Å². The molecule has 0 aliphatic carbocycles. The number of alkyl halides is 1. The number of nitro benzene ring substituents is 1. The van der Waals surface area contributed by atoms with E-state index in [2.05, 4.69) is 31.9 Å². The number of nitro groups is 1. The van der Waals surface area contributed by atoms with Gasteiger partial charge in [-0.05, 0) is 11.6 Å². The Bertz CT molecular complexity index is 357. The van der Waals surface area contributed by atoms with E-state index in [1.54, 1.807) is 6.07 Å². The summed E-state index contributed by atoms with van der Waals surface area (Å²) in [6.07, 6.45) is 0. The van der Waals surface area contributed by atoms with Crippen LogP contribution in [0.2, 0.25) is 5.02 Å². The van der Waals surface area contributed by atoms with Crippen LogP contribution in [-0.4, -0.2) is 4.92 Å². The van der Waals surface area contributed by atoms with Crippen LogP contribution in [0.25, 0.3) is 0 Å². The van der Waals surface area contributed by atoms with Gasteiger partial charge >= 0.3 is 0 Å². The van der Waals surface area contributed by atoms with Crippen LogP contribution in [0.15, 0.2) is 16.6 Å². The first-order valence-electron chi connectivity index (χ1n) is 3.24. The lowest BCUT2D eigenvalue weighted by Crippen LogP contribution is -1.91. The van der Waals surface area contributed by atoms with Gasteiger partial charge in [0.05, 0.1) is 4.92 Å². The van der Waals surface area contributed by atoms with E-state index in [1.165, 1.54) is 6.07 Å². The molecular formula is C7H4Br2ClNO2. The topological polar surface area (TPSA) is 43.1 Å². The van der Waals surface area contributed by atoms with Crippen LogP contribution >= 0.6 is 43.5 Å². The molecule has 70 valence electrons. The van der Waals surface area contributed by atoms with Crippen LogP contribution in [0.3, 0.4) is 0 Å². The maximum absolute atomic E-state index is 10.5. The first kappa shape index (κ1) is 10.9. The largest absolute Gasteiger partial charge is 0.289 e. The zero-order valence-corrected chi connectivity index (χ0v) is 10.2. The summed E-state index contributed by atoms with van der Waals surface area (Å²) in [5.41, 5.74) is 0.800. The van der Waals surface area contributed by atoms with Crippen LogP contribution in [0.5, 0.6) is 0 Å². The molecule has 0 radical (unpaired) electrons. The van der Waals surface area contributed by atoms with Crippen molar-refractivity contribution in [1.29, 1.82) is 0 Å². The maximum Gasteiger partial charge on any atom is 0.289 e. The molecule has 0 unspecified atom stereocenters. The number of halogens is 3. The van der Waals surface area contributed by atoms with Gasteiger partial charge in [-0.25, -0.2) is 0 Å². The summed E-state index contributed by atoms with van der Waals surface area (Å²) in [4.78, 5) is 9.95. The standard InChI is InChI=1S/C7H4Br2ClNO2/c8-3-4-1-6(10)7(11(12)13)2-5(4)9/h1-2H,3H2. The molecule has 0 spiro atoms. The zero-order valence-electron chi connectivity index (χ0n) is 6.26. The van der Waals surface area contributed by atoms with Crippen molar-refractivity contribution in [3.8, 4) is 0 Å². The molecule has 0 N–H and O–H groups in total. The highest BCUT2D eigenvalue weighted by atomic mass is 79.9. The molecule has 0 aliphatic rings. The summed E-state index contributed by atoms with van der Waals surface area (Å²) in [5, 5.41) is 11.2. The summed E-state index contributed by atoms with van der Waals surface area (Å²) in [7, 11) is 0. The minimum atomic E-state index is -0.509. The molecule has 0 heterocycles. The van der Waals surface area contributed by atoms with Crippen molar-refractivity contribution in [3.05, 3.63) is 37.3 Å². The second-order valence-electron chi connectivity index (χ2n) is 2.29. The summed E-state index contributed by atoms with van der Waals surface area (Å²) in [6, 6.07) is 2.97. The Morgan fingerprint density at radius 3 is 2.62 bits per heavy atom. The third-order valence-corrected chi connectivity index (χ3v) is 3.10. The maximum atomic E-state index is 10.5. The number of hydrogen-bond donors (Lipinski definition) is 0. The van der Waals surface area contributed by atoms with Gasteiger partial charge < -0.3 is 0 Å². The fraction of sp³-hybridized carbons (Fsp3) is 0.143. The van der Waals surface area contributed by atoms with Crippen LogP contribution in [0.4, 0.5) is 5.69 Å². The predicted molar refractivity (Wildman–Crippen MR) is 58.4 cm³/mol. The number of rotatable bonds is 2. The number of hydrogen-bond acceptors (Lipinski definition) is 2. The van der Waals surface area contributed by atoms with Crippen LogP contribution in [0.1, 0.15) is 5.56 Å². The molecule has 0 bridgehead atoms. The van der Waals surface area contributed by atoms with E-state index in [4.69, 9.17) is 11.6 Å². The highest BCUT2D eigenvalue weighted by Crippen LogP contribution is 2.31. The Hall–Kier alpha value is -0.130. The molecule has 0 aliphatic heterocycles.